The topological polar surface area (TPSA) is 39.2 Å². The first kappa shape index (κ1) is 18.7. The molecule has 0 spiro atoms. The fraction of sp³-hybridized carbons (Fsp3) is 0.667. The number of fused-ring (bicyclic) bond motifs is 2. The summed E-state index contributed by atoms with van der Waals surface area (Å²) < 4.78 is 5.67. The second-order valence-electron chi connectivity index (χ2n) is 9.36. The zero-order valence-corrected chi connectivity index (χ0v) is 16.9. The number of hydrogen-bond acceptors (Lipinski definition) is 3. The quantitative estimate of drug-likeness (QED) is 0.678. The van der Waals surface area contributed by atoms with Crippen LogP contribution in [0.5, 0.6) is 0 Å². The normalized spacial score (nSPS) is 35.9. The van der Waals surface area contributed by atoms with Gasteiger partial charge in [-0.3, -0.25) is 9.78 Å². The lowest BCUT2D eigenvalue weighted by atomic mass is 9.57. The Morgan fingerprint density at radius 2 is 2.07 bits per heavy atom. The molecule has 1 aliphatic heterocycles. The Labute approximate surface area is 163 Å². The van der Waals surface area contributed by atoms with Crippen molar-refractivity contribution in [3.05, 3.63) is 35.7 Å². The van der Waals surface area contributed by atoms with Crippen LogP contribution in [0.25, 0.3) is 6.08 Å². The highest BCUT2D eigenvalue weighted by Gasteiger charge is 2.53. The first-order chi connectivity index (χ1) is 13.0. The van der Waals surface area contributed by atoms with E-state index in [0.717, 1.165) is 24.2 Å². The molecule has 0 N–H and O–H groups in total. The Bertz CT molecular complexity index is 710. The van der Waals surface area contributed by atoms with Crippen LogP contribution in [0.15, 0.2) is 24.3 Å². The van der Waals surface area contributed by atoms with Crippen molar-refractivity contribution >= 4 is 12.0 Å². The third-order valence-corrected chi connectivity index (χ3v) is 7.01. The molecule has 27 heavy (non-hydrogen) atoms. The third kappa shape index (κ3) is 3.83. The molecule has 2 aliphatic carbocycles. The molecule has 3 nitrogen and oxygen atoms in total. The zero-order chi connectivity index (χ0) is 19.0. The van der Waals surface area contributed by atoms with Crippen LogP contribution in [-0.4, -0.2) is 17.1 Å². The number of allylic oxidation sites excluding steroid dienone is 1. The second kappa shape index (κ2) is 7.77. The Kier molecular flexibility index (Phi) is 5.39. The second-order valence-corrected chi connectivity index (χ2v) is 9.36. The molecule has 0 amide bonds. The molecule has 1 aromatic rings. The van der Waals surface area contributed by atoms with Gasteiger partial charge in [0.1, 0.15) is 6.10 Å². The molecule has 1 saturated heterocycles. The predicted octanol–water partition coefficient (Wildman–Crippen LogP) is 5.30. The molecule has 0 unspecified atom stereocenters. The first-order valence-corrected chi connectivity index (χ1v) is 10.9. The lowest BCUT2D eigenvalue weighted by Crippen LogP contribution is -2.42. The van der Waals surface area contributed by atoms with E-state index in [4.69, 9.17) is 9.72 Å². The maximum absolute atomic E-state index is 12.4. The van der Waals surface area contributed by atoms with E-state index in [1.165, 1.54) is 25.7 Å². The largest absolute Gasteiger partial charge is 0.462 e. The summed E-state index contributed by atoms with van der Waals surface area (Å²) in [5, 5.41) is 0. The number of carbonyl (C=O) groups excluding carboxylic acids is 1. The summed E-state index contributed by atoms with van der Waals surface area (Å²) >= 11 is 0. The fourth-order valence-corrected chi connectivity index (χ4v) is 5.92. The van der Waals surface area contributed by atoms with Gasteiger partial charge in [0.05, 0.1) is 11.6 Å². The number of carbonyl (C=O) groups is 1. The summed E-state index contributed by atoms with van der Waals surface area (Å²) in [6.07, 6.45) is 11.9. The van der Waals surface area contributed by atoms with Crippen molar-refractivity contribution in [1.82, 2.24) is 4.98 Å². The van der Waals surface area contributed by atoms with E-state index in [1.54, 1.807) is 0 Å². The van der Waals surface area contributed by atoms with Gasteiger partial charge in [-0.2, -0.15) is 0 Å². The Morgan fingerprint density at radius 1 is 1.26 bits per heavy atom. The highest BCUT2D eigenvalue weighted by atomic mass is 16.6. The van der Waals surface area contributed by atoms with Crippen LogP contribution >= 0.6 is 0 Å². The summed E-state index contributed by atoms with van der Waals surface area (Å²) in [4.78, 5) is 17.2. The number of hydrogen-bond donors (Lipinski definition) is 0. The number of esters is 1. The van der Waals surface area contributed by atoms with E-state index in [2.05, 4.69) is 51.1 Å². The van der Waals surface area contributed by atoms with E-state index in [0.29, 0.717) is 29.6 Å². The molecule has 3 fully saturated rings. The van der Waals surface area contributed by atoms with Crippen LogP contribution in [0, 0.1) is 35.5 Å². The molecular formula is C24H33NO2. The Hall–Kier alpha value is -1.64. The van der Waals surface area contributed by atoms with Gasteiger partial charge in [-0.1, -0.05) is 45.3 Å². The number of ether oxygens (including phenoxy) is 1. The van der Waals surface area contributed by atoms with Crippen LogP contribution in [-0.2, 0) is 16.0 Å². The Morgan fingerprint density at radius 3 is 2.89 bits per heavy atom. The van der Waals surface area contributed by atoms with E-state index in [9.17, 15) is 4.79 Å². The molecular weight excluding hydrogens is 334 g/mol. The lowest BCUT2D eigenvalue weighted by Gasteiger charge is -2.45. The number of pyridine rings is 1. The van der Waals surface area contributed by atoms with E-state index in [-0.39, 0.29) is 18.0 Å². The van der Waals surface area contributed by atoms with Crippen molar-refractivity contribution in [3.8, 4) is 0 Å². The fourth-order valence-electron chi connectivity index (χ4n) is 5.92. The van der Waals surface area contributed by atoms with Crippen molar-refractivity contribution < 1.29 is 9.53 Å². The minimum absolute atomic E-state index is 0.0419. The number of rotatable bonds is 4. The summed E-state index contributed by atoms with van der Waals surface area (Å²) in [7, 11) is 0. The van der Waals surface area contributed by atoms with Gasteiger partial charge in [-0.15, -0.1) is 0 Å². The molecule has 0 radical (unpaired) electrons. The van der Waals surface area contributed by atoms with Gasteiger partial charge >= 0.3 is 5.97 Å². The summed E-state index contributed by atoms with van der Waals surface area (Å²) in [5.41, 5.74) is 2.21. The summed E-state index contributed by atoms with van der Waals surface area (Å²) in [6, 6.07) is 6.33. The van der Waals surface area contributed by atoms with Gasteiger partial charge in [-0.05, 0) is 68.1 Å². The van der Waals surface area contributed by atoms with Gasteiger partial charge in [0.15, 0.2) is 0 Å². The third-order valence-electron chi connectivity index (χ3n) is 7.01. The van der Waals surface area contributed by atoms with E-state index in [1.807, 2.05) is 0 Å². The lowest BCUT2D eigenvalue weighted by molar-refractivity contribution is -0.144. The predicted molar refractivity (Wildman–Crippen MR) is 108 cm³/mol. The van der Waals surface area contributed by atoms with E-state index >= 15 is 0 Å². The van der Waals surface area contributed by atoms with Crippen LogP contribution in [0.3, 0.4) is 0 Å². The van der Waals surface area contributed by atoms with Gasteiger partial charge in [0.2, 0.25) is 0 Å². The highest BCUT2D eigenvalue weighted by molar-refractivity contribution is 5.75. The number of nitrogens with zero attached hydrogens (tertiary/aromatic N) is 1. The van der Waals surface area contributed by atoms with Crippen LogP contribution < -0.4 is 0 Å². The van der Waals surface area contributed by atoms with Crippen molar-refractivity contribution in [2.24, 2.45) is 35.5 Å². The Balaban J connectivity index is 1.59. The minimum Gasteiger partial charge on any atom is -0.462 e. The van der Waals surface area contributed by atoms with Crippen LogP contribution in [0.4, 0.5) is 0 Å². The van der Waals surface area contributed by atoms with Gasteiger partial charge in [-0.25, -0.2) is 0 Å². The molecule has 6 atom stereocenters. The van der Waals surface area contributed by atoms with Crippen LogP contribution in [0.1, 0.15) is 64.3 Å². The van der Waals surface area contributed by atoms with Gasteiger partial charge < -0.3 is 4.74 Å². The van der Waals surface area contributed by atoms with Crippen molar-refractivity contribution in [2.75, 3.05) is 0 Å². The number of cyclic esters (lactones) is 1. The monoisotopic (exact) mass is 367 g/mol. The van der Waals surface area contributed by atoms with Crippen molar-refractivity contribution in [1.29, 1.82) is 0 Å². The molecule has 4 rings (SSSR count). The summed E-state index contributed by atoms with van der Waals surface area (Å²) in [6.45, 7) is 6.55. The van der Waals surface area contributed by atoms with Crippen molar-refractivity contribution in [2.45, 2.75) is 65.4 Å². The smallest absolute Gasteiger partial charge is 0.309 e. The molecule has 2 saturated carbocycles. The number of aromatic nitrogens is 1. The maximum Gasteiger partial charge on any atom is 0.309 e. The molecule has 2 heterocycles. The van der Waals surface area contributed by atoms with Gasteiger partial charge in [0, 0.05) is 11.6 Å². The molecule has 146 valence electrons. The minimum atomic E-state index is 0.0419. The molecule has 3 heteroatoms. The highest BCUT2D eigenvalue weighted by Crippen LogP contribution is 2.53. The first-order valence-electron chi connectivity index (χ1n) is 10.9. The van der Waals surface area contributed by atoms with E-state index < -0.39 is 0 Å². The molecule has 0 bridgehead atoms. The standard InChI is InChI=1S/C24H33NO2/c1-15(2)13-19-9-6-8-18(25-19)11-12-21-20-10-5-4-7-17(20)14-22-23(21)16(3)27-24(22)26/h6,8-9,11-12,15-17,20-23H,4-5,7,10,13-14H2,1-3H3/t16-,17+,20-,21+,22-,23+/m0/s1. The maximum atomic E-state index is 12.4. The average Bonchev–Trinajstić information content (AvgIpc) is 2.92. The van der Waals surface area contributed by atoms with Gasteiger partial charge in [0.25, 0.3) is 0 Å². The summed E-state index contributed by atoms with van der Waals surface area (Å²) in [5.74, 6) is 2.93. The molecule has 1 aromatic heterocycles. The van der Waals surface area contributed by atoms with Crippen molar-refractivity contribution in [3.63, 3.8) is 0 Å². The SMILES string of the molecule is CC(C)Cc1cccc(C=C[C@@H]2[C@H]3CCCC[C@@H]3C[C@@H]3C(=O)O[C@@H](C)[C@H]23)n1. The van der Waals surface area contributed by atoms with Crippen LogP contribution in [0.2, 0.25) is 0 Å². The average molecular weight is 368 g/mol. The zero-order valence-electron chi connectivity index (χ0n) is 16.9. The molecule has 0 aromatic carbocycles. The molecule has 3 aliphatic rings.